The van der Waals surface area contributed by atoms with E-state index in [0.717, 1.165) is 45.1 Å². The summed E-state index contributed by atoms with van der Waals surface area (Å²) in [7, 11) is 0. The Balaban J connectivity index is 1.32. The lowest BCUT2D eigenvalue weighted by Gasteiger charge is -2.51. The standard InChI is InChI=1S/C29H43NO4/c1-15-12-23-26(30(14-15)18(4)31)17(3)29(34-23)11-9-21-22-7-6-19-13-20(32)8-10-28(19,5)25(22)27(33)24(21)16(29)2/h15-17,19,21-26H,6-14H2,1-5H3/t15-,16?,17+,19?,21-,22-,23+,24?,25+,26-,28-,29-/m0/s1. The van der Waals surface area contributed by atoms with Crippen molar-refractivity contribution in [2.75, 3.05) is 6.54 Å². The maximum atomic E-state index is 14.3. The first-order valence-electron chi connectivity index (χ1n) is 14.1. The Hall–Kier alpha value is -1.23. The third-order valence-electron chi connectivity index (χ3n) is 12.1. The van der Waals surface area contributed by atoms with Gasteiger partial charge in [-0.25, -0.2) is 0 Å². The van der Waals surface area contributed by atoms with E-state index < -0.39 is 0 Å². The van der Waals surface area contributed by atoms with Gasteiger partial charge in [0.05, 0.1) is 17.7 Å². The van der Waals surface area contributed by atoms with Gasteiger partial charge < -0.3 is 9.64 Å². The highest BCUT2D eigenvalue weighted by molar-refractivity contribution is 5.89. The van der Waals surface area contributed by atoms with Gasteiger partial charge in [-0.2, -0.15) is 0 Å². The summed E-state index contributed by atoms with van der Waals surface area (Å²) in [6.45, 7) is 11.7. The van der Waals surface area contributed by atoms with Gasteiger partial charge in [0.15, 0.2) is 0 Å². The van der Waals surface area contributed by atoms with Crippen LogP contribution in [0, 0.1) is 52.8 Å². The number of hydrogen-bond acceptors (Lipinski definition) is 4. The fourth-order valence-corrected chi connectivity index (χ4v) is 10.5. The zero-order valence-corrected chi connectivity index (χ0v) is 21.7. The minimum atomic E-state index is -0.305. The number of nitrogens with zero attached hydrogens (tertiary/aromatic N) is 1. The van der Waals surface area contributed by atoms with Crippen LogP contribution >= 0.6 is 0 Å². The lowest BCUT2D eigenvalue weighted by atomic mass is 9.52. The molecule has 4 saturated carbocycles. The van der Waals surface area contributed by atoms with Crippen LogP contribution in [0.5, 0.6) is 0 Å². The molecule has 2 heterocycles. The molecule has 5 nitrogen and oxygen atoms in total. The largest absolute Gasteiger partial charge is 0.369 e. The molecule has 6 fully saturated rings. The van der Waals surface area contributed by atoms with Gasteiger partial charge in [-0.15, -0.1) is 0 Å². The highest BCUT2D eigenvalue weighted by atomic mass is 16.5. The molecule has 6 rings (SSSR count). The van der Waals surface area contributed by atoms with Crippen molar-refractivity contribution < 1.29 is 19.1 Å². The summed E-state index contributed by atoms with van der Waals surface area (Å²) >= 11 is 0. The Labute approximate surface area is 204 Å². The number of rotatable bonds is 0. The van der Waals surface area contributed by atoms with Crippen LogP contribution in [0.3, 0.4) is 0 Å². The molecule has 0 aromatic heterocycles. The van der Waals surface area contributed by atoms with Crippen LogP contribution in [0.15, 0.2) is 0 Å². The van der Waals surface area contributed by atoms with Crippen molar-refractivity contribution >= 4 is 17.5 Å². The smallest absolute Gasteiger partial charge is 0.219 e. The molecule has 0 radical (unpaired) electrons. The number of ketones is 2. The monoisotopic (exact) mass is 469 g/mol. The summed E-state index contributed by atoms with van der Waals surface area (Å²) in [5, 5.41) is 0. The molecule has 5 heteroatoms. The van der Waals surface area contributed by atoms with E-state index in [4.69, 9.17) is 4.74 Å². The van der Waals surface area contributed by atoms with Gasteiger partial charge in [0, 0.05) is 44.1 Å². The van der Waals surface area contributed by atoms with Crippen molar-refractivity contribution in [3.63, 3.8) is 0 Å². The Morgan fingerprint density at radius 1 is 1.03 bits per heavy atom. The van der Waals surface area contributed by atoms with E-state index >= 15 is 0 Å². The summed E-state index contributed by atoms with van der Waals surface area (Å²) in [6.07, 6.45) is 7.64. The molecule has 34 heavy (non-hydrogen) atoms. The SMILES string of the molecule is CC(=O)N1C[C@@H](C)C[C@H]2O[C@]3(CC[C@@H]4C(C(=O)[C@H]5[C@H]4CCC4CC(=O)CC[C@@]45C)C3C)[C@H](C)[C@@H]21. The molecule has 1 spiro atoms. The lowest BCUT2D eigenvalue weighted by Crippen LogP contribution is -2.55. The second kappa shape index (κ2) is 7.63. The molecular formula is C29H43NO4. The van der Waals surface area contributed by atoms with Gasteiger partial charge in [-0.05, 0) is 73.5 Å². The summed E-state index contributed by atoms with van der Waals surface area (Å²) in [5.41, 5.74) is -0.310. The molecule has 2 aliphatic heterocycles. The van der Waals surface area contributed by atoms with E-state index in [-0.39, 0.29) is 52.7 Å². The van der Waals surface area contributed by atoms with Gasteiger partial charge in [0.2, 0.25) is 5.91 Å². The molecule has 4 aliphatic carbocycles. The molecule has 0 N–H and O–H groups in total. The zero-order valence-electron chi connectivity index (χ0n) is 21.7. The number of amides is 1. The van der Waals surface area contributed by atoms with E-state index in [1.165, 1.54) is 0 Å². The first kappa shape index (κ1) is 23.2. The molecule has 188 valence electrons. The number of Topliss-reactive ketones (excluding diaryl/α,β-unsaturated/α-hetero) is 2. The van der Waals surface area contributed by atoms with Gasteiger partial charge >= 0.3 is 0 Å². The molecule has 3 unspecified atom stereocenters. The topological polar surface area (TPSA) is 63.7 Å². The Bertz CT molecular complexity index is 916. The van der Waals surface area contributed by atoms with Crippen molar-refractivity contribution in [2.24, 2.45) is 52.8 Å². The Kier molecular flexibility index (Phi) is 5.21. The number of carbonyl (C=O) groups excluding carboxylic acids is 3. The lowest BCUT2D eigenvalue weighted by molar-refractivity contribution is -0.155. The number of likely N-dealkylation sites (tertiary alicyclic amines) is 1. The minimum Gasteiger partial charge on any atom is -0.369 e. The third kappa shape index (κ3) is 2.91. The third-order valence-corrected chi connectivity index (χ3v) is 12.1. The van der Waals surface area contributed by atoms with E-state index in [1.54, 1.807) is 6.92 Å². The van der Waals surface area contributed by atoms with E-state index in [2.05, 4.69) is 32.6 Å². The van der Waals surface area contributed by atoms with Crippen LogP contribution < -0.4 is 0 Å². The molecule has 0 bridgehead atoms. The molecule has 12 atom stereocenters. The summed E-state index contributed by atoms with van der Waals surface area (Å²) < 4.78 is 7.03. The van der Waals surface area contributed by atoms with Crippen molar-refractivity contribution in [2.45, 2.75) is 104 Å². The van der Waals surface area contributed by atoms with Gasteiger partial charge in [-0.3, -0.25) is 14.4 Å². The number of hydrogen-bond donors (Lipinski definition) is 0. The van der Waals surface area contributed by atoms with E-state index in [9.17, 15) is 14.4 Å². The van der Waals surface area contributed by atoms with Crippen LogP contribution in [0.25, 0.3) is 0 Å². The zero-order chi connectivity index (χ0) is 24.2. The highest BCUT2D eigenvalue weighted by Crippen LogP contribution is 2.66. The molecule has 1 amide bonds. The number of ether oxygens (including phenoxy) is 1. The average molecular weight is 470 g/mol. The molecule has 2 saturated heterocycles. The van der Waals surface area contributed by atoms with Crippen LogP contribution in [0.2, 0.25) is 0 Å². The predicted molar refractivity (Wildman–Crippen MR) is 129 cm³/mol. The minimum absolute atomic E-state index is 0.00483. The fourth-order valence-electron chi connectivity index (χ4n) is 10.5. The van der Waals surface area contributed by atoms with E-state index in [1.807, 2.05) is 0 Å². The Morgan fingerprint density at radius 2 is 1.79 bits per heavy atom. The van der Waals surface area contributed by atoms with Crippen LogP contribution in [0.4, 0.5) is 0 Å². The van der Waals surface area contributed by atoms with Crippen molar-refractivity contribution in [3.05, 3.63) is 0 Å². The summed E-state index contributed by atoms with van der Waals surface area (Å²) in [4.78, 5) is 41.2. The second-order valence-electron chi connectivity index (χ2n) is 13.5. The van der Waals surface area contributed by atoms with E-state index in [0.29, 0.717) is 48.1 Å². The highest BCUT2D eigenvalue weighted by Gasteiger charge is 2.68. The Morgan fingerprint density at radius 3 is 2.53 bits per heavy atom. The predicted octanol–water partition coefficient (Wildman–Crippen LogP) is 4.66. The number of piperidine rings is 1. The van der Waals surface area contributed by atoms with Gasteiger partial charge in [0.25, 0.3) is 0 Å². The molecule has 0 aromatic rings. The molecule has 6 aliphatic rings. The maximum absolute atomic E-state index is 14.3. The average Bonchev–Trinajstić information content (AvgIpc) is 3.23. The fraction of sp³-hybridized carbons (Fsp3) is 0.897. The van der Waals surface area contributed by atoms with Crippen molar-refractivity contribution in [1.82, 2.24) is 4.90 Å². The summed E-state index contributed by atoms with van der Waals surface area (Å²) in [5.74, 6) is 3.46. The number of fused-ring (bicyclic) bond motifs is 6. The van der Waals surface area contributed by atoms with Gasteiger partial charge in [-0.1, -0.05) is 27.7 Å². The van der Waals surface area contributed by atoms with Crippen LogP contribution in [-0.4, -0.2) is 46.7 Å². The van der Waals surface area contributed by atoms with Crippen LogP contribution in [-0.2, 0) is 19.1 Å². The molecule has 0 aromatic carbocycles. The van der Waals surface area contributed by atoms with Crippen LogP contribution in [0.1, 0.15) is 86.0 Å². The first-order chi connectivity index (χ1) is 16.1. The number of carbonyl (C=O) groups is 3. The molecular weight excluding hydrogens is 426 g/mol. The first-order valence-corrected chi connectivity index (χ1v) is 14.1. The normalized spacial score (nSPS) is 54.4. The maximum Gasteiger partial charge on any atom is 0.219 e. The van der Waals surface area contributed by atoms with Gasteiger partial charge in [0.1, 0.15) is 11.6 Å². The summed E-state index contributed by atoms with van der Waals surface area (Å²) in [6, 6.07) is 0.137. The van der Waals surface area contributed by atoms with Crippen molar-refractivity contribution in [1.29, 1.82) is 0 Å². The quantitative estimate of drug-likeness (QED) is 0.517. The second-order valence-corrected chi connectivity index (χ2v) is 13.5. The van der Waals surface area contributed by atoms with Crippen molar-refractivity contribution in [3.8, 4) is 0 Å².